The van der Waals surface area contributed by atoms with Crippen molar-refractivity contribution in [2.24, 2.45) is 0 Å². The Bertz CT molecular complexity index is 551. The van der Waals surface area contributed by atoms with Crippen molar-refractivity contribution in [3.63, 3.8) is 0 Å². The number of benzene rings is 1. The molecule has 1 fully saturated rings. The number of halogens is 2. The van der Waals surface area contributed by atoms with Gasteiger partial charge in [0.05, 0.1) is 0 Å². The van der Waals surface area contributed by atoms with Gasteiger partial charge in [0.2, 0.25) is 5.91 Å². The number of carboxylic acid groups (broad SMARTS) is 1. The Hall–Kier alpha value is -1.52. The minimum atomic E-state index is -0.972. The van der Waals surface area contributed by atoms with Gasteiger partial charge in [-0.1, -0.05) is 29.3 Å². The summed E-state index contributed by atoms with van der Waals surface area (Å²) in [6.07, 6.45) is 4.02. The van der Waals surface area contributed by atoms with E-state index in [2.05, 4.69) is 0 Å². The van der Waals surface area contributed by atoms with Gasteiger partial charge in [-0.05, 0) is 31.1 Å². The molecule has 1 aromatic carbocycles. The third kappa shape index (κ3) is 3.14. The number of carboxylic acids is 1. The number of nitrogens with zero attached hydrogens (tertiary/aromatic N) is 1. The molecule has 1 heterocycles. The second kappa shape index (κ2) is 6.29. The molecule has 0 bridgehead atoms. The van der Waals surface area contributed by atoms with E-state index < -0.39 is 12.0 Å². The van der Waals surface area contributed by atoms with Gasteiger partial charge in [-0.2, -0.15) is 0 Å². The molecule has 0 unspecified atom stereocenters. The number of carbonyl (C=O) groups is 2. The first kappa shape index (κ1) is 14.9. The topological polar surface area (TPSA) is 57.6 Å². The van der Waals surface area contributed by atoms with Crippen molar-refractivity contribution in [2.45, 2.75) is 18.9 Å². The Balaban J connectivity index is 2.15. The van der Waals surface area contributed by atoms with Crippen molar-refractivity contribution in [2.75, 3.05) is 6.54 Å². The maximum absolute atomic E-state index is 12.0. The molecule has 2 rings (SSSR count). The van der Waals surface area contributed by atoms with Crippen LogP contribution in [0.15, 0.2) is 24.3 Å². The monoisotopic (exact) mass is 313 g/mol. The van der Waals surface area contributed by atoms with Crippen LogP contribution in [-0.4, -0.2) is 34.5 Å². The summed E-state index contributed by atoms with van der Waals surface area (Å²) >= 11 is 12.0. The lowest BCUT2D eigenvalue weighted by atomic mass is 10.2. The zero-order valence-corrected chi connectivity index (χ0v) is 12.1. The van der Waals surface area contributed by atoms with Gasteiger partial charge < -0.3 is 10.0 Å². The van der Waals surface area contributed by atoms with Gasteiger partial charge in [0.25, 0.3) is 0 Å². The van der Waals surface area contributed by atoms with Gasteiger partial charge in [0, 0.05) is 28.2 Å². The van der Waals surface area contributed by atoms with Crippen LogP contribution in [0.4, 0.5) is 0 Å². The van der Waals surface area contributed by atoms with Gasteiger partial charge >= 0.3 is 5.97 Å². The van der Waals surface area contributed by atoms with Gasteiger partial charge in [0.1, 0.15) is 6.04 Å². The molecule has 0 spiro atoms. The third-order valence-corrected chi connectivity index (χ3v) is 3.87. The molecule has 1 amide bonds. The van der Waals surface area contributed by atoms with Crippen molar-refractivity contribution in [1.82, 2.24) is 4.90 Å². The molecule has 6 heteroatoms. The van der Waals surface area contributed by atoms with E-state index >= 15 is 0 Å². The van der Waals surface area contributed by atoms with E-state index in [0.29, 0.717) is 35.0 Å². The minimum absolute atomic E-state index is 0.342. The van der Waals surface area contributed by atoms with Crippen molar-refractivity contribution >= 4 is 41.2 Å². The van der Waals surface area contributed by atoms with Crippen LogP contribution in [0.25, 0.3) is 6.08 Å². The second-order valence-electron chi connectivity index (χ2n) is 4.50. The van der Waals surface area contributed by atoms with Crippen molar-refractivity contribution in [3.8, 4) is 0 Å². The number of hydrogen-bond acceptors (Lipinski definition) is 2. The predicted octanol–water partition coefficient (Wildman–Crippen LogP) is 3.08. The zero-order chi connectivity index (χ0) is 14.7. The molecule has 1 N–H and O–H groups in total. The standard InChI is InChI=1S/C14H13Cl2NO3/c15-10-3-1-4-11(16)9(10)6-7-13(18)17-8-2-5-12(17)14(19)20/h1,3-4,6-7,12H,2,5,8H2,(H,19,20)/b7-6+/t12-/m0/s1. The number of carbonyl (C=O) groups excluding carboxylic acids is 1. The summed E-state index contributed by atoms with van der Waals surface area (Å²) in [7, 11) is 0. The number of hydrogen-bond donors (Lipinski definition) is 1. The number of amides is 1. The first-order valence-corrected chi connectivity index (χ1v) is 6.92. The van der Waals surface area contributed by atoms with E-state index in [9.17, 15) is 9.59 Å². The summed E-state index contributed by atoms with van der Waals surface area (Å²) in [6.45, 7) is 0.455. The zero-order valence-electron chi connectivity index (χ0n) is 10.6. The van der Waals surface area contributed by atoms with Gasteiger partial charge in [-0.15, -0.1) is 0 Å². The fourth-order valence-corrected chi connectivity index (χ4v) is 2.73. The van der Waals surface area contributed by atoms with Crippen LogP contribution in [0.1, 0.15) is 18.4 Å². The Morgan fingerprint density at radius 1 is 1.30 bits per heavy atom. The molecule has 1 aliphatic rings. The number of rotatable bonds is 3. The Labute approximate surface area is 126 Å². The molecule has 0 saturated carbocycles. The smallest absolute Gasteiger partial charge is 0.326 e. The molecule has 106 valence electrons. The van der Waals surface area contributed by atoms with E-state index in [4.69, 9.17) is 28.3 Å². The fourth-order valence-electron chi connectivity index (χ4n) is 2.21. The summed E-state index contributed by atoms with van der Waals surface area (Å²) in [5.41, 5.74) is 0.551. The number of likely N-dealkylation sites (tertiary alicyclic amines) is 1. The molecule has 20 heavy (non-hydrogen) atoms. The Morgan fingerprint density at radius 2 is 1.95 bits per heavy atom. The Morgan fingerprint density at radius 3 is 2.55 bits per heavy atom. The molecule has 1 aromatic rings. The van der Waals surface area contributed by atoms with Gasteiger partial charge in [-0.25, -0.2) is 4.79 Å². The van der Waals surface area contributed by atoms with Gasteiger partial charge in [-0.3, -0.25) is 4.79 Å². The van der Waals surface area contributed by atoms with Crippen LogP contribution in [-0.2, 0) is 9.59 Å². The number of aliphatic carboxylic acids is 1. The van der Waals surface area contributed by atoms with E-state index in [1.807, 2.05) is 0 Å². The van der Waals surface area contributed by atoms with E-state index in [-0.39, 0.29) is 5.91 Å². The third-order valence-electron chi connectivity index (χ3n) is 3.21. The largest absolute Gasteiger partial charge is 0.480 e. The molecule has 1 atom stereocenters. The average molecular weight is 314 g/mol. The molecule has 0 aromatic heterocycles. The molecular weight excluding hydrogens is 301 g/mol. The highest BCUT2D eigenvalue weighted by Gasteiger charge is 2.32. The fraction of sp³-hybridized carbons (Fsp3) is 0.286. The summed E-state index contributed by atoms with van der Waals surface area (Å²) in [4.78, 5) is 24.4. The van der Waals surface area contributed by atoms with Gasteiger partial charge in [0.15, 0.2) is 0 Å². The van der Waals surface area contributed by atoms with Crippen LogP contribution in [0.2, 0.25) is 10.0 Å². The molecular formula is C14H13Cl2NO3. The SMILES string of the molecule is O=C(O)[C@@H]1CCCN1C(=O)/C=C/c1c(Cl)cccc1Cl. The van der Waals surface area contributed by atoms with Crippen LogP contribution >= 0.6 is 23.2 Å². The summed E-state index contributed by atoms with van der Waals surface area (Å²) < 4.78 is 0. The lowest BCUT2D eigenvalue weighted by Gasteiger charge is -2.19. The van der Waals surface area contributed by atoms with E-state index in [1.54, 1.807) is 18.2 Å². The molecule has 1 saturated heterocycles. The highest BCUT2D eigenvalue weighted by Crippen LogP contribution is 2.26. The minimum Gasteiger partial charge on any atom is -0.480 e. The van der Waals surface area contributed by atoms with Crippen molar-refractivity contribution in [3.05, 3.63) is 39.9 Å². The van der Waals surface area contributed by atoms with Crippen LogP contribution in [0.3, 0.4) is 0 Å². The van der Waals surface area contributed by atoms with Crippen LogP contribution < -0.4 is 0 Å². The lowest BCUT2D eigenvalue weighted by molar-refractivity contribution is -0.146. The second-order valence-corrected chi connectivity index (χ2v) is 5.31. The van der Waals surface area contributed by atoms with E-state index in [1.165, 1.54) is 17.1 Å². The Kier molecular flexibility index (Phi) is 4.68. The summed E-state index contributed by atoms with van der Waals surface area (Å²) in [5, 5.41) is 9.93. The normalized spacial score (nSPS) is 18.7. The van der Waals surface area contributed by atoms with Crippen LogP contribution in [0, 0.1) is 0 Å². The summed E-state index contributed by atoms with van der Waals surface area (Å²) in [5.74, 6) is -1.31. The van der Waals surface area contributed by atoms with Crippen molar-refractivity contribution in [1.29, 1.82) is 0 Å². The predicted molar refractivity (Wildman–Crippen MR) is 77.9 cm³/mol. The summed E-state index contributed by atoms with van der Waals surface area (Å²) in [6, 6.07) is 4.32. The molecule has 0 aliphatic carbocycles. The van der Waals surface area contributed by atoms with E-state index in [0.717, 1.165) is 0 Å². The first-order chi connectivity index (χ1) is 9.50. The first-order valence-electron chi connectivity index (χ1n) is 6.16. The maximum atomic E-state index is 12.0. The molecule has 0 radical (unpaired) electrons. The lowest BCUT2D eigenvalue weighted by Crippen LogP contribution is -2.39. The molecule has 1 aliphatic heterocycles. The van der Waals surface area contributed by atoms with Crippen molar-refractivity contribution < 1.29 is 14.7 Å². The molecule has 4 nitrogen and oxygen atoms in total. The quantitative estimate of drug-likeness (QED) is 0.872. The van der Waals surface area contributed by atoms with Crippen LogP contribution in [0.5, 0.6) is 0 Å². The highest BCUT2D eigenvalue weighted by molar-refractivity contribution is 6.37. The maximum Gasteiger partial charge on any atom is 0.326 e. The average Bonchev–Trinajstić information content (AvgIpc) is 2.87. The highest BCUT2D eigenvalue weighted by atomic mass is 35.5.